The fraction of sp³-hybridized carbons (Fsp3) is 0.979. The van der Waals surface area contributed by atoms with Gasteiger partial charge in [0.25, 0.3) is 0 Å². The van der Waals surface area contributed by atoms with E-state index in [0.717, 1.165) is 0 Å². The molecule has 1 nitrogen and oxygen atoms in total. The van der Waals surface area contributed by atoms with Crippen LogP contribution in [-0.2, 0) is 4.79 Å². The zero-order valence-electron chi connectivity index (χ0n) is 34.3. The van der Waals surface area contributed by atoms with Gasteiger partial charge in [0, 0.05) is 11.8 Å². The lowest BCUT2D eigenvalue weighted by atomic mass is 9.80. The predicted molar refractivity (Wildman–Crippen MR) is 219 cm³/mol. The number of unbranched alkanes of at least 4 members (excludes halogenated alkanes) is 32. The molecule has 0 aromatic heterocycles. The maximum atomic E-state index is 14.3. The van der Waals surface area contributed by atoms with E-state index >= 15 is 0 Å². The molecule has 48 heavy (non-hydrogen) atoms. The van der Waals surface area contributed by atoms with E-state index in [1.807, 2.05) is 0 Å². The molecule has 0 aromatic carbocycles. The monoisotopic (exact) mass is 675 g/mol. The summed E-state index contributed by atoms with van der Waals surface area (Å²) in [4.78, 5) is 14.3. The van der Waals surface area contributed by atoms with Crippen LogP contribution in [0.15, 0.2) is 0 Å². The van der Waals surface area contributed by atoms with Crippen molar-refractivity contribution in [3.8, 4) is 0 Å². The molecule has 0 atom stereocenters. The maximum Gasteiger partial charge on any atom is 0.139 e. The highest BCUT2D eigenvalue weighted by Crippen LogP contribution is 2.29. The van der Waals surface area contributed by atoms with Crippen molar-refractivity contribution in [1.29, 1.82) is 0 Å². The van der Waals surface area contributed by atoms with Gasteiger partial charge in [-0.1, -0.05) is 259 Å². The van der Waals surface area contributed by atoms with E-state index in [4.69, 9.17) is 0 Å². The van der Waals surface area contributed by atoms with Crippen LogP contribution in [0.2, 0.25) is 0 Å². The third-order valence-corrected chi connectivity index (χ3v) is 11.4. The topological polar surface area (TPSA) is 17.1 Å². The van der Waals surface area contributed by atoms with Gasteiger partial charge in [-0.2, -0.15) is 0 Å². The number of Topliss-reactive ketones (excluding diaryl/α,β-unsaturated/α-hetero) is 1. The molecule has 0 radical (unpaired) electrons. The Hall–Kier alpha value is -0.330. The molecule has 0 rings (SSSR count). The molecule has 0 aliphatic heterocycles. The molecular formula is C47H94O. The Bertz CT molecular complexity index is 502. The third kappa shape index (κ3) is 34.1. The van der Waals surface area contributed by atoms with E-state index in [1.54, 1.807) is 0 Å². The van der Waals surface area contributed by atoms with Gasteiger partial charge in [-0.05, 0) is 25.7 Å². The van der Waals surface area contributed by atoms with Crippen LogP contribution in [0.5, 0.6) is 0 Å². The molecule has 0 aromatic rings. The summed E-state index contributed by atoms with van der Waals surface area (Å²) in [6.07, 6.45) is 54.4. The van der Waals surface area contributed by atoms with Crippen molar-refractivity contribution < 1.29 is 4.79 Å². The first-order chi connectivity index (χ1) is 23.7. The Morgan fingerprint density at radius 3 is 0.562 bits per heavy atom. The number of rotatable bonds is 42. The first-order valence-electron chi connectivity index (χ1n) is 23.2. The molecule has 1 heteroatoms. The van der Waals surface area contributed by atoms with Crippen molar-refractivity contribution >= 4 is 5.78 Å². The smallest absolute Gasteiger partial charge is 0.139 e. The van der Waals surface area contributed by atoms with E-state index in [0.29, 0.717) is 17.6 Å². The molecule has 0 saturated heterocycles. The fourth-order valence-electron chi connectivity index (χ4n) is 8.00. The zero-order chi connectivity index (χ0) is 35.0. The molecule has 0 aliphatic rings. The number of ketones is 1. The van der Waals surface area contributed by atoms with Crippen LogP contribution in [0.1, 0.15) is 285 Å². The van der Waals surface area contributed by atoms with Gasteiger partial charge in [0.15, 0.2) is 0 Å². The Labute approximate surface area is 306 Å². The van der Waals surface area contributed by atoms with Gasteiger partial charge in [0.1, 0.15) is 5.78 Å². The average Bonchev–Trinajstić information content (AvgIpc) is 3.10. The van der Waals surface area contributed by atoms with Gasteiger partial charge in [-0.25, -0.2) is 0 Å². The normalized spacial score (nSPS) is 11.8. The maximum absolute atomic E-state index is 14.3. The number of carbonyl (C=O) groups excluding carboxylic acids is 1. The van der Waals surface area contributed by atoms with Gasteiger partial charge >= 0.3 is 0 Å². The molecule has 0 unspecified atom stereocenters. The van der Waals surface area contributed by atoms with Crippen LogP contribution in [0.25, 0.3) is 0 Å². The van der Waals surface area contributed by atoms with Crippen LogP contribution < -0.4 is 0 Å². The van der Waals surface area contributed by atoms with Crippen molar-refractivity contribution in [2.24, 2.45) is 11.8 Å². The Morgan fingerprint density at radius 1 is 0.250 bits per heavy atom. The molecule has 0 aliphatic carbocycles. The van der Waals surface area contributed by atoms with Crippen LogP contribution in [0, 0.1) is 11.8 Å². The van der Waals surface area contributed by atoms with E-state index < -0.39 is 0 Å². The highest BCUT2D eigenvalue weighted by Gasteiger charge is 2.26. The van der Waals surface area contributed by atoms with Crippen LogP contribution in [-0.4, -0.2) is 5.78 Å². The van der Waals surface area contributed by atoms with Gasteiger partial charge in [-0.3, -0.25) is 4.79 Å². The molecule has 0 amide bonds. The molecule has 0 saturated carbocycles. The lowest BCUT2D eigenvalue weighted by Crippen LogP contribution is -2.24. The quantitative estimate of drug-likeness (QED) is 0.0589. The molecule has 288 valence electrons. The first-order valence-corrected chi connectivity index (χ1v) is 23.2. The summed E-state index contributed by atoms with van der Waals surface area (Å²) in [5.41, 5.74) is 0. The van der Waals surface area contributed by atoms with Crippen molar-refractivity contribution in [2.45, 2.75) is 285 Å². The largest absolute Gasteiger partial charge is 0.299 e. The molecule has 0 bridgehead atoms. The molecule has 0 spiro atoms. The van der Waals surface area contributed by atoms with Gasteiger partial charge in [0.2, 0.25) is 0 Å². The summed E-state index contributed by atoms with van der Waals surface area (Å²) < 4.78 is 0. The van der Waals surface area contributed by atoms with E-state index in [-0.39, 0.29) is 0 Å². The highest BCUT2D eigenvalue weighted by molar-refractivity contribution is 5.83. The minimum Gasteiger partial charge on any atom is -0.299 e. The molecular weight excluding hydrogens is 581 g/mol. The number of hydrogen-bond donors (Lipinski definition) is 0. The Kier molecular flexibility index (Phi) is 40.8. The summed E-state index contributed by atoms with van der Waals surface area (Å²) in [7, 11) is 0. The lowest BCUT2D eigenvalue weighted by Gasteiger charge is -2.23. The van der Waals surface area contributed by atoms with Gasteiger partial charge in [-0.15, -0.1) is 0 Å². The lowest BCUT2D eigenvalue weighted by molar-refractivity contribution is -0.128. The molecule has 0 fully saturated rings. The summed E-state index contributed by atoms with van der Waals surface area (Å²) in [6, 6.07) is 0. The second kappa shape index (κ2) is 41.1. The van der Waals surface area contributed by atoms with Crippen LogP contribution in [0.3, 0.4) is 0 Å². The molecule has 0 N–H and O–H groups in total. The average molecular weight is 675 g/mol. The third-order valence-electron chi connectivity index (χ3n) is 11.4. The van der Waals surface area contributed by atoms with Gasteiger partial charge in [0.05, 0.1) is 0 Å². The predicted octanol–water partition coefficient (Wildman–Crippen LogP) is 17.5. The summed E-state index contributed by atoms with van der Waals surface area (Å²) in [5.74, 6) is 1.40. The highest BCUT2D eigenvalue weighted by atomic mass is 16.1. The first kappa shape index (κ1) is 47.7. The number of hydrogen-bond acceptors (Lipinski definition) is 1. The Balaban J connectivity index is 4.91. The second-order valence-corrected chi connectivity index (χ2v) is 16.3. The van der Waals surface area contributed by atoms with Crippen molar-refractivity contribution in [3.63, 3.8) is 0 Å². The van der Waals surface area contributed by atoms with E-state index in [9.17, 15) is 4.79 Å². The Morgan fingerprint density at radius 2 is 0.396 bits per heavy atom. The van der Waals surface area contributed by atoms with E-state index in [1.165, 1.54) is 257 Å². The van der Waals surface area contributed by atoms with E-state index in [2.05, 4.69) is 27.7 Å². The van der Waals surface area contributed by atoms with Crippen LogP contribution in [0.4, 0.5) is 0 Å². The summed E-state index contributed by atoms with van der Waals surface area (Å²) in [5, 5.41) is 0. The van der Waals surface area contributed by atoms with Crippen molar-refractivity contribution in [1.82, 2.24) is 0 Å². The number of carbonyl (C=O) groups is 1. The minimum absolute atomic E-state index is 0.348. The standard InChI is InChI=1S/C47H94O/c1-5-9-13-17-21-25-29-33-37-41-45(42-38-34-30-26-22-18-14-10-6-2)47(48)46(43-39-35-31-27-23-19-15-11-7-3)44-40-36-32-28-24-20-16-12-8-4/h45-46H,5-44H2,1-4H3. The summed E-state index contributed by atoms with van der Waals surface area (Å²) >= 11 is 0. The van der Waals surface area contributed by atoms with Crippen LogP contribution >= 0.6 is 0 Å². The second-order valence-electron chi connectivity index (χ2n) is 16.3. The minimum atomic E-state index is 0.348. The molecule has 0 heterocycles. The van der Waals surface area contributed by atoms with Gasteiger partial charge < -0.3 is 0 Å². The summed E-state index contributed by atoms with van der Waals surface area (Å²) in [6.45, 7) is 9.24. The van der Waals surface area contributed by atoms with Crippen molar-refractivity contribution in [2.75, 3.05) is 0 Å². The zero-order valence-corrected chi connectivity index (χ0v) is 34.3. The fourth-order valence-corrected chi connectivity index (χ4v) is 8.00. The SMILES string of the molecule is CCCCCCCCCCCC(CCCCCCCCCCC)C(=O)C(CCCCCCCCCCC)CCCCCCCCCCC. The van der Waals surface area contributed by atoms with Crippen molar-refractivity contribution in [3.05, 3.63) is 0 Å².